The molecule has 0 aliphatic rings. The number of aryl methyl sites for hydroxylation is 1. The largest absolute Gasteiger partial charge is 0.226 e. The first-order valence-electron chi connectivity index (χ1n) is 9.25. The van der Waals surface area contributed by atoms with Gasteiger partial charge < -0.3 is 0 Å². The van der Waals surface area contributed by atoms with Gasteiger partial charge in [-0.2, -0.15) is 4.98 Å². The molecule has 2 rings (SSSR count). The van der Waals surface area contributed by atoms with Gasteiger partial charge in [-0.15, -0.1) is 0 Å². The van der Waals surface area contributed by atoms with Crippen LogP contribution in [-0.4, -0.2) is 15.0 Å². The number of nitrogens with zero attached hydrogens (tertiary/aromatic N) is 3. The van der Waals surface area contributed by atoms with Crippen LogP contribution in [0, 0.1) is 0 Å². The van der Waals surface area contributed by atoms with Crippen LogP contribution in [0.5, 0.6) is 0 Å². The molecule has 0 radical (unpaired) electrons. The van der Waals surface area contributed by atoms with Crippen LogP contribution in [0.4, 0.5) is 0 Å². The molecule has 0 bridgehead atoms. The highest BCUT2D eigenvalue weighted by atomic mass is 35.5. The standard InChI is InChI=1S/C20H28ClN3/c1-2-3-4-5-6-7-8-9-13-16-18-22-19(24-20(21)23-18)17-14-11-10-12-15-17/h10-12,14-15H,2-9,13,16H2,1H3. The molecule has 0 spiro atoms. The van der Waals surface area contributed by atoms with E-state index in [9.17, 15) is 0 Å². The minimum Gasteiger partial charge on any atom is -0.213 e. The van der Waals surface area contributed by atoms with E-state index >= 15 is 0 Å². The summed E-state index contributed by atoms with van der Waals surface area (Å²) >= 11 is 6.06. The molecule has 0 saturated heterocycles. The Balaban J connectivity index is 1.72. The molecule has 2 aromatic rings. The molecule has 0 atom stereocenters. The van der Waals surface area contributed by atoms with Gasteiger partial charge >= 0.3 is 0 Å². The topological polar surface area (TPSA) is 38.7 Å². The Bertz CT molecular complexity index is 587. The molecule has 1 aromatic heterocycles. The minimum absolute atomic E-state index is 0.287. The van der Waals surface area contributed by atoms with Gasteiger partial charge in [0.1, 0.15) is 5.82 Å². The van der Waals surface area contributed by atoms with Crippen molar-refractivity contribution in [2.75, 3.05) is 0 Å². The van der Waals surface area contributed by atoms with E-state index in [1.165, 1.54) is 51.4 Å². The molecule has 0 aliphatic heterocycles. The fraction of sp³-hybridized carbons (Fsp3) is 0.550. The highest BCUT2D eigenvalue weighted by Gasteiger charge is 2.07. The van der Waals surface area contributed by atoms with Gasteiger partial charge in [-0.25, -0.2) is 9.97 Å². The summed E-state index contributed by atoms with van der Waals surface area (Å²) in [6.45, 7) is 2.26. The first-order chi connectivity index (χ1) is 11.8. The fourth-order valence-corrected chi connectivity index (χ4v) is 2.99. The van der Waals surface area contributed by atoms with E-state index in [0.717, 1.165) is 24.2 Å². The zero-order chi connectivity index (χ0) is 17.0. The molecule has 3 nitrogen and oxygen atoms in total. The van der Waals surface area contributed by atoms with E-state index in [1.54, 1.807) is 0 Å². The summed E-state index contributed by atoms with van der Waals surface area (Å²) in [6, 6.07) is 9.93. The van der Waals surface area contributed by atoms with Gasteiger partial charge in [0.05, 0.1) is 0 Å². The minimum atomic E-state index is 0.287. The maximum Gasteiger partial charge on any atom is 0.226 e. The van der Waals surface area contributed by atoms with Crippen molar-refractivity contribution in [1.29, 1.82) is 0 Å². The van der Waals surface area contributed by atoms with E-state index in [1.807, 2.05) is 30.3 Å². The lowest BCUT2D eigenvalue weighted by molar-refractivity contribution is 0.562. The third kappa shape index (κ3) is 6.96. The van der Waals surface area contributed by atoms with Gasteiger partial charge in [0.25, 0.3) is 0 Å². The van der Waals surface area contributed by atoms with Crippen molar-refractivity contribution in [3.05, 3.63) is 41.4 Å². The number of unbranched alkanes of at least 4 members (excludes halogenated alkanes) is 8. The molecule has 0 N–H and O–H groups in total. The second-order valence-electron chi connectivity index (χ2n) is 6.29. The zero-order valence-corrected chi connectivity index (χ0v) is 15.4. The van der Waals surface area contributed by atoms with E-state index in [2.05, 4.69) is 21.9 Å². The molecule has 0 unspecified atom stereocenters. The smallest absolute Gasteiger partial charge is 0.213 e. The Morgan fingerprint density at radius 1 is 0.750 bits per heavy atom. The third-order valence-electron chi connectivity index (χ3n) is 4.19. The molecule has 130 valence electrons. The van der Waals surface area contributed by atoms with Crippen LogP contribution >= 0.6 is 11.6 Å². The fourth-order valence-electron chi connectivity index (χ4n) is 2.81. The van der Waals surface area contributed by atoms with E-state index in [4.69, 9.17) is 11.6 Å². The Labute approximate surface area is 150 Å². The SMILES string of the molecule is CCCCCCCCCCCc1nc(Cl)nc(-c2ccccc2)n1. The molecule has 24 heavy (non-hydrogen) atoms. The molecular formula is C20H28ClN3. The molecule has 0 fully saturated rings. The van der Waals surface area contributed by atoms with Crippen molar-refractivity contribution in [3.8, 4) is 11.4 Å². The molecule has 0 amide bonds. The summed E-state index contributed by atoms with van der Waals surface area (Å²) in [7, 11) is 0. The van der Waals surface area contributed by atoms with Gasteiger partial charge in [0.2, 0.25) is 5.28 Å². The van der Waals surface area contributed by atoms with Crippen LogP contribution < -0.4 is 0 Å². The average molecular weight is 346 g/mol. The first kappa shape index (κ1) is 18.9. The quantitative estimate of drug-likeness (QED) is 0.451. The third-order valence-corrected chi connectivity index (χ3v) is 4.36. The van der Waals surface area contributed by atoms with E-state index < -0.39 is 0 Å². The lowest BCUT2D eigenvalue weighted by Crippen LogP contribution is -2.01. The number of rotatable bonds is 11. The van der Waals surface area contributed by atoms with Gasteiger partial charge in [-0.05, 0) is 18.0 Å². The Kier molecular flexibility index (Phi) is 8.75. The second kappa shape index (κ2) is 11.1. The van der Waals surface area contributed by atoms with Gasteiger partial charge in [-0.3, -0.25) is 0 Å². The lowest BCUT2D eigenvalue weighted by atomic mass is 10.1. The summed E-state index contributed by atoms with van der Waals surface area (Å²) in [6.07, 6.45) is 12.7. The molecule has 0 saturated carbocycles. The average Bonchev–Trinajstić information content (AvgIpc) is 2.60. The predicted octanol–water partition coefficient (Wildman–Crippen LogP) is 6.27. The summed E-state index contributed by atoms with van der Waals surface area (Å²) in [5, 5.41) is 0.287. The number of aromatic nitrogens is 3. The summed E-state index contributed by atoms with van der Waals surface area (Å²) in [5.74, 6) is 1.47. The molecule has 1 aromatic carbocycles. The van der Waals surface area contributed by atoms with Gasteiger partial charge in [-0.1, -0.05) is 88.6 Å². The second-order valence-corrected chi connectivity index (χ2v) is 6.63. The van der Waals surface area contributed by atoms with Crippen molar-refractivity contribution in [1.82, 2.24) is 15.0 Å². The lowest BCUT2D eigenvalue weighted by Gasteiger charge is -2.05. The maximum absolute atomic E-state index is 6.06. The Hall–Kier alpha value is -1.48. The van der Waals surface area contributed by atoms with Gasteiger partial charge in [0.15, 0.2) is 5.82 Å². The highest BCUT2D eigenvalue weighted by Crippen LogP contribution is 2.17. The van der Waals surface area contributed by atoms with Crippen molar-refractivity contribution in [2.45, 2.75) is 71.1 Å². The molecule has 0 aliphatic carbocycles. The summed E-state index contributed by atoms with van der Waals surface area (Å²) in [4.78, 5) is 13.1. The van der Waals surface area contributed by atoms with Crippen LogP contribution in [0.1, 0.15) is 70.5 Å². The van der Waals surface area contributed by atoms with Crippen molar-refractivity contribution >= 4 is 11.6 Å². The van der Waals surface area contributed by atoms with Crippen LogP contribution in [0.25, 0.3) is 11.4 Å². The molecular weight excluding hydrogens is 318 g/mol. The van der Waals surface area contributed by atoms with E-state index in [0.29, 0.717) is 5.82 Å². The number of benzene rings is 1. The Morgan fingerprint density at radius 2 is 1.38 bits per heavy atom. The first-order valence-corrected chi connectivity index (χ1v) is 9.63. The maximum atomic E-state index is 6.06. The van der Waals surface area contributed by atoms with Crippen LogP contribution in [-0.2, 0) is 6.42 Å². The Morgan fingerprint density at radius 3 is 2.04 bits per heavy atom. The number of hydrogen-bond acceptors (Lipinski definition) is 3. The van der Waals surface area contributed by atoms with Crippen molar-refractivity contribution < 1.29 is 0 Å². The summed E-state index contributed by atoms with van der Waals surface area (Å²) in [5.41, 5.74) is 0.982. The predicted molar refractivity (Wildman–Crippen MR) is 101 cm³/mol. The monoisotopic (exact) mass is 345 g/mol. The van der Waals surface area contributed by atoms with Crippen LogP contribution in [0.2, 0.25) is 5.28 Å². The molecule has 1 heterocycles. The van der Waals surface area contributed by atoms with Crippen molar-refractivity contribution in [3.63, 3.8) is 0 Å². The normalized spacial score (nSPS) is 10.9. The number of halogens is 1. The molecule has 4 heteroatoms. The van der Waals surface area contributed by atoms with Gasteiger partial charge in [0, 0.05) is 12.0 Å². The van der Waals surface area contributed by atoms with Crippen LogP contribution in [0.15, 0.2) is 30.3 Å². The van der Waals surface area contributed by atoms with Crippen molar-refractivity contribution in [2.24, 2.45) is 0 Å². The highest BCUT2D eigenvalue weighted by molar-refractivity contribution is 6.28. The van der Waals surface area contributed by atoms with E-state index in [-0.39, 0.29) is 5.28 Å². The summed E-state index contributed by atoms with van der Waals surface area (Å²) < 4.78 is 0. The number of hydrogen-bond donors (Lipinski definition) is 0. The zero-order valence-electron chi connectivity index (χ0n) is 14.7. The van der Waals surface area contributed by atoms with Crippen LogP contribution in [0.3, 0.4) is 0 Å².